The fraction of sp³-hybridized carbons (Fsp3) is 0.353. The van der Waals surface area contributed by atoms with E-state index in [2.05, 4.69) is 4.84 Å². The van der Waals surface area contributed by atoms with Crippen molar-refractivity contribution in [2.45, 2.75) is 24.9 Å². The number of hydrogen-bond acceptors (Lipinski definition) is 6. The van der Waals surface area contributed by atoms with E-state index in [-0.39, 0.29) is 6.42 Å². The van der Waals surface area contributed by atoms with Crippen molar-refractivity contribution in [3.8, 4) is 5.75 Å². The highest BCUT2D eigenvalue weighted by molar-refractivity contribution is 5.88. The summed E-state index contributed by atoms with van der Waals surface area (Å²) in [7, 11) is 1.56. The molecule has 2 aromatic carbocycles. The van der Waals surface area contributed by atoms with Crippen molar-refractivity contribution < 1.29 is 29.7 Å². The lowest BCUT2D eigenvalue weighted by molar-refractivity contribution is -0.759. The molecule has 0 aliphatic heterocycles. The Balaban J connectivity index is 2.33. The van der Waals surface area contributed by atoms with E-state index in [1.54, 1.807) is 31.4 Å². The van der Waals surface area contributed by atoms with E-state index >= 15 is 0 Å². The van der Waals surface area contributed by atoms with Gasteiger partial charge in [-0.15, -0.1) is 10.1 Å². The Bertz CT molecular complexity index is 792. The van der Waals surface area contributed by atoms with Gasteiger partial charge in [-0.2, -0.15) is 0 Å². The Hall–Kier alpha value is -2.87. The van der Waals surface area contributed by atoms with Gasteiger partial charge >= 0.3 is 5.97 Å². The molecule has 2 rings (SSSR count). The molecule has 0 fully saturated rings. The van der Waals surface area contributed by atoms with Crippen LogP contribution >= 0.6 is 0 Å². The van der Waals surface area contributed by atoms with E-state index in [4.69, 9.17) is 4.74 Å². The number of aliphatic carboxylic acids is 1. The molecular formula is C17H19NO7. The van der Waals surface area contributed by atoms with Gasteiger partial charge in [0.2, 0.25) is 0 Å². The fourth-order valence-electron chi connectivity index (χ4n) is 2.70. The summed E-state index contributed by atoms with van der Waals surface area (Å²) in [5.41, 5.74) is -0.939. The molecule has 0 aliphatic carbocycles. The predicted octanol–water partition coefficient (Wildman–Crippen LogP) is 2.15. The zero-order valence-corrected chi connectivity index (χ0v) is 13.8. The molecular weight excluding hydrogens is 330 g/mol. The zero-order chi connectivity index (χ0) is 18.6. The number of rotatable bonds is 8. The number of benzene rings is 2. The number of aliphatic hydroxyl groups excluding tert-OH is 1. The van der Waals surface area contributed by atoms with Crippen molar-refractivity contribution in [1.82, 2.24) is 0 Å². The van der Waals surface area contributed by atoms with Crippen LogP contribution in [0.3, 0.4) is 0 Å². The van der Waals surface area contributed by atoms with Gasteiger partial charge in [0.15, 0.2) is 0 Å². The highest BCUT2D eigenvalue weighted by Gasteiger charge is 2.37. The molecule has 8 nitrogen and oxygen atoms in total. The fourth-order valence-corrected chi connectivity index (χ4v) is 2.70. The van der Waals surface area contributed by atoms with Crippen molar-refractivity contribution in [2.24, 2.45) is 0 Å². The summed E-state index contributed by atoms with van der Waals surface area (Å²) in [6.45, 7) is 0.885. The minimum Gasteiger partial charge on any atom is -0.497 e. The number of ether oxygens (including phenoxy) is 1. The summed E-state index contributed by atoms with van der Waals surface area (Å²) in [4.78, 5) is 26.2. The molecule has 2 N–H and O–H groups in total. The molecule has 0 aliphatic rings. The Morgan fingerprint density at radius 3 is 2.52 bits per heavy atom. The van der Waals surface area contributed by atoms with Crippen LogP contribution < -0.4 is 4.74 Å². The quantitative estimate of drug-likeness (QED) is 0.553. The number of hydrogen-bond donors (Lipinski definition) is 2. The standard InChI is InChI=1S/C17H19NO7/c1-17(16(20)21,9-14(19)10-25-18(22)23)13-5-3-12-8-15(24-2)6-4-11(12)7-13/h3-8,14,19H,9-10H2,1-2H3,(H,20,21)/t14-,17-/m0/s1. The summed E-state index contributed by atoms with van der Waals surface area (Å²) < 4.78 is 5.16. The number of fused-ring (bicyclic) bond motifs is 1. The van der Waals surface area contributed by atoms with E-state index in [1.807, 2.05) is 12.1 Å². The summed E-state index contributed by atoms with van der Waals surface area (Å²) >= 11 is 0. The average Bonchev–Trinajstić information content (AvgIpc) is 2.58. The van der Waals surface area contributed by atoms with Crippen molar-refractivity contribution in [3.63, 3.8) is 0 Å². The molecule has 0 spiro atoms. The number of carbonyl (C=O) groups is 1. The van der Waals surface area contributed by atoms with Crippen LogP contribution in [0.1, 0.15) is 18.9 Å². The summed E-state index contributed by atoms with van der Waals surface area (Å²) in [5.74, 6) is -0.450. The topological polar surface area (TPSA) is 119 Å². The van der Waals surface area contributed by atoms with Crippen LogP contribution in [-0.4, -0.2) is 41.1 Å². The Morgan fingerprint density at radius 1 is 1.28 bits per heavy atom. The first-order valence-corrected chi connectivity index (χ1v) is 7.53. The zero-order valence-electron chi connectivity index (χ0n) is 13.8. The minimum absolute atomic E-state index is 0.224. The number of aliphatic hydroxyl groups is 1. The molecule has 0 unspecified atom stereocenters. The molecule has 0 bridgehead atoms. The van der Waals surface area contributed by atoms with Crippen LogP contribution in [0.5, 0.6) is 5.75 Å². The molecule has 134 valence electrons. The van der Waals surface area contributed by atoms with E-state index < -0.39 is 29.2 Å². The second-order valence-corrected chi connectivity index (χ2v) is 5.94. The smallest absolute Gasteiger partial charge is 0.313 e. The van der Waals surface area contributed by atoms with Crippen LogP contribution in [0.25, 0.3) is 10.8 Å². The first-order chi connectivity index (χ1) is 11.8. The van der Waals surface area contributed by atoms with Crippen molar-refractivity contribution in [3.05, 3.63) is 52.1 Å². The summed E-state index contributed by atoms with van der Waals surface area (Å²) in [5, 5.41) is 30.5. The number of nitrogens with zero attached hydrogens (tertiary/aromatic N) is 1. The van der Waals surface area contributed by atoms with Crippen LogP contribution in [0.4, 0.5) is 0 Å². The Kier molecular flexibility index (Phi) is 5.43. The second-order valence-electron chi connectivity index (χ2n) is 5.94. The van der Waals surface area contributed by atoms with Gasteiger partial charge in [-0.05, 0) is 41.8 Å². The van der Waals surface area contributed by atoms with Crippen LogP contribution in [0.15, 0.2) is 36.4 Å². The molecule has 0 aromatic heterocycles. The van der Waals surface area contributed by atoms with Gasteiger partial charge in [-0.1, -0.05) is 24.3 Å². The maximum Gasteiger partial charge on any atom is 0.313 e. The molecule has 0 saturated carbocycles. The SMILES string of the molecule is COc1ccc2cc([C@](C)(C[C@H](O)CO[N+](=O)[O-])C(=O)O)ccc2c1. The van der Waals surface area contributed by atoms with Gasteiger partial charge in [0.1, 0.15) is 12.4 Å². The van der Waals surface area contributed by atoms with Gasteiger partial charge in [-0.3, -0.25) is 4.79 Å². The van der Waals surface area contributed by atoms with Gasteiger partial charge in [0, 0.05) is 0 Å². The molecule has 0 radical (unpaired) electrons. The van der Waals surface area contributed by atoms with E-state index in [0.717, 1.165) is 10.8 Å². The number of carboxylic acids is 1. The van der Waals surface area contributed by atoms with Crippen molar-refractivity contribution >= 4 is 16.7 Å². The largest absolute Gasteiger partial charge is 0.497 e. The lowest BCUT2D eigenvalue weighted by atomic mass is 9.77. The van der Waals surface area contributed by atoms with Gasteiger partial charge in [0.25, 0.3) is 5.09 Å². The highest BCUT2D eigenvalue weighted by Crippen LogP contribution is 2.33. The Labute approximate surface area is 143 Å². The van der Waals surface area contributed by atoms with Crippen LogP contribution in [-0.2, 0) is 15.0 Å². The predicted molar refractivity (Wildman–Crippen MR) is 89.1 cm³/mol. The maximum atomic E-state index is 11.8. The van der Waals surface area contributed by atoms with Crippen LogP contribution in [0.2, 0.25) is 0 Å². The van der Waals surface area contributed by atoms with Crippen molar-refractivity contribution in [1.29, 1.82) is 0 Å². The van der Waals surface area contributed by atoms with Crippen LogP contribution in [0, 0.1) is 10.1 Å². The summed E-state index contributed by atoms with van der Waals surface area (Å²) in [6, 6.07) is 10.6. The normalized spacial score (nSPS) is 14.5. The molecule has 25 heavy (non-hydrogen) atoms. The maximum absolute atomic E-state index is 11.8. The van der Waals surface area contributed by atoms with E-state index in [0.29, 0.717) is 11.3 Å². The highest BCUT2D eigenvalue weighted by atomic mass is 17.0. The third-order valence-corrected chi connectivity index (χ3v) is 4.17. The van der Waals surface area contributed by atoms with Crippen molar-refractivity contribution in [2.75, 3.05) is 13.7 Å². The molecule has 0 heterocycles. The first-order valence-electron chi connectivity index (χ1n) is 7.53. The number of carboxylic acid groups (broad SMARTS) is 1. The molecule has 2 aromatic rings. The minimum atomic E-state index is -1.42. The van der Waals surface area contributed by atoms with Gasteiger partial charge in [0.05, 0.1) is 18.6 Å². The first kappa shape index (κ1) is 18.5. The molecule has 0 amide bonds. The van der Waals surface area contributed by atoms with E-state index in [9.17, 15) is 25.1 Å². The summed E-state index contributed by atoms with van der Waals surface area (Å²) in [6.07, 6.45) is -1.52. The molecule has 0 saturated heterocycles. The van der Waals surface area contributed by atoms with E-state index in [1.165, 1.54) is 6.92 Å². The lowest BCUT2D eigenvalue weighted by Gasteiger charge is -2.28. The molecule has 8 heteroatoms. The van der Waals surface area contributed by atoms with Gasteiger partial charge in [-0.25, -0.2) is 0 Å². The average molecular weight is 349 g/mol. The third kappa shape index (κ3) is 4.16. The van der Waals surface area contributed by atoms with Gasteiger partial charge < -0.3 is 19.8 Å². The monoisotopic (exact) mass is 349 g/mol. The number of methoxy groups -OCH3 is 1. The lowest BCUT2D eigenvalue weighted by Crippen LogP contribution is -2.37. The second kappa shape index (κ2) is 7.35. The third-order valence-electron chi connectivity index (χ3n) is 4.17. The molecule has 2 atom stereocenters. The Morgan fingerprint density at radius 2 is 1.92 bits per heavy atom.